The van der Waals surface area contributed by atoms with Crippen molar-refractivity contribution in [3.63, 3.8) is 0 Å². The molecule has 0 radical (unpaired) electrons. The number of benzene rings is 2. The normalized spacial score (nSPS) is 16.2. The predicted octanol–water partition coefficient (Wildman–Crippen LogP) is 3.67. The van der Waals surface area contributed by atoms with Gasteiger partial charge in [-0.05, 0) is 35.9 Å². The van der Waals surface area contributed by atoms with Gasteiger partial charge in [-0.1, -0.05) is 29.8 Å². The summed E-state index contributed by atoms with van der Waals surface area (Å²) in [5.74, 6) is 0.113. The zero-order valence-electron chi connectivity index (χ0n) is 12.9. The number of thioether (sulfide) groups is 1. The molecule has 6 heteroatoms. The molecule has 2 N–H and O–H groups in total. The molecule has 2 amide bonds. The van der Waals surface area contributed by atoms with Crippen LogP contribution in [0.2, 0.25) is 5.02 Å². The van der Waals surface area contributed by atoms with Gasteiger partial charge in [-0.2, -0.15) is 0 Å². The summed E-state index contributed by atoms with van der Waals surface area (Å²) in [6.07, 6.45) is 0.188. The third kappa shape index (κ3) is 4.10. The van der Waals surface area contributed by atoms with E-state index in [1.165, 1.54) is 0 Å². The monoisotopic (exact) mass is 360 g/mol. The Labute approximate surface area is 150 Å². The van der Waals surface area contributed by atoms with Gasteiger partial charge < -0.3 is 10.6 Å². The lowest BCUT2D eigenvalue weighted by atomic mass is 9.90. The molecule has 0 saturated heterocycles. The molecule has 0 saturated carbocycles. The Hall–Kier alpha value is -1.98. The summed E-state index contributed by atoms with van der Waals surface area (Å²) < 4.78 is 0. The Morgan fingerprint density at radius 2 is 1.96 bits per heavy atom. The Bertz CT molecular complexity index is 749. The maximum absolute atomic E-state index is 12.4. The van der Waals surface area contributed by atoms with Crippen LogP contribution < -0.4 is 10.6 Å². The van der Waals surface area contributed by atoms with Gasteiger partial charge in [0.1, 0.15) is 0 Å². The van der Waals surface area contributed by atoms with Crippen LogP contribution in [0.3, 0.4) is 0 Å². The molecule has 2 aromatic rings. The first kappa shape index (κ1) is 16.9. The van der Waals surface area contributed by atoms with Crippen LogP contribution >= 0.6 is 23.4 Å². The number of hydrogen-bond donors (Lipinski definition) is 2. The Kier molecular flexibility index (Phi) is 5.43. The second kappa shape index (κ2) is 7.73. The number of amides is 2. The van der Waals surface area contributed by atoms with E-state index in [1.807, 2.05) is 48.5 Å². The number of nitrogens with one attached hydrogen (secondary N) is 2. The molecule has 0 fully saturated rings. The maximum Gasteiger partial charge on any atom is 0.228 e. The molecule has 124 valence electrons. The second-order valence-corrected chi connectivity index (χ2v) is 7.09. The average Bonchev–Trinajstić information content (AvgIpc) is 2.59. The number of fused-ring (bicyclic) bond motifs is 1. The van der Waals surface area contributed by atoms with Crippen LogP contribution in [0.4, 0.5) is 5.69 Å². The highest BCUT2D eigenvalue weighted by atomic mass is 35.5. The fourth-order valence-electron chi connectivity index (χ4n) is 2.64. The minimum Gasteiger partial charge on any atom is -0.355 e. The lowest BCUT2D eigenvalue weighted by Gasteiger charge is -2.24. The Morgan fingerprint density at radius 1 is 1.21 bits per heavy atom. The van der Waals surface area contributed by atoms with E-state index in [1.54, 1.807) is 11.8 Å². The van der Waals surface area contributed by atoms with Crippen LogP contribution in [0.1, 0.15) is 17.9 Å². The quantitative estimate of drug-likeness (QED) is 0.631. The molecular formula is C18H17ClN2O2S. The van der Waals surface area contributed by atoms with Gasteiger partial charge in [0, 0.05) is 34.3 Å². The Morgan fingerprint density at radius 3 is 2.75 bits per heavy atom. The fourth-order valence-corrected chi connectivity index (χ4v) is 3.54. The molecule has 1 aliphatic heterocycles. The highest BCUT2D eigenvalue weighted by Crippen LogP contribution is 2.32. The third-order valence-electron chi connectivity index (χ3n) is 3.80. The number of carbonyl (C=O) groups is 2. The number of anilines is 1. The predicted molar refractivity (Wildman–Crippen MR) is 97.6 cm³/mol. The zero-order valence-corrected chi connectivity index (χ0v) is 14.5. The molecule has 0 aromatic heterocycles. The first-order valence-corrected chi connectivity index (χ1v) is 9.05. The van der Waals surface area contributed by atoms with Crippen LogP contribution in [-0.2, 0) is 9.59 Å². The second-order valence-electron chi connectivity index (χ2n) is 5.49. The van der Waals surface area contributed by atoms with Crippen LogP contribution in [-0.4, -0.2) is 24.1 Å². The van der Waals surface area contributed by atoms with Crippen molar-refractivity contribution in [2.45, 2.75) is 17.2 Å². The summed E-state index contributed by atoms with van der Waals surface area (Å²) in [7, 11) is 0. The Balaban J connectivity index is 1.54. The topological polar surface area (TPSA) is 58.2 Å². The molecule has 1 heterocycles. The third-order valence-corrected chi connectivity index (χ3v) is 5.07. The zero-order chi connectivity index (χ0) is 16.9. The van der Waals surface area contributed by atoms with E-state index in [2.05, 4.69) is 10.6 Å². The van der Waals surface area contributed by atoms with E-state index >= 15 is 0 Å². The molecule has 4 nitrogen and oxygen atoms in total. The largest absolute Gasteiger partial charge is 0.355 e. The summed E-state index contributed by atoms with van der Waals surface area (Å²) in [5, 5.41) is 6.44. The lowest BCUT2D eigenvalue weighted by Crippen LogP contribution is -2.36. The molecule has 1 atom stereocenters. The summed E-state index contributed by atoms with van der Waals surface area (Å²) >= 11 is 7.51. The van der Waals surface area contributed by atoms with Crippen molar-refractivity contribution in [3.8, 4) is 0 Å². The van der Waals surface area contributed by atoms with Crippen molar-refractivity contribution in [1.82, 2.24) is 5.32 Å². The van der Waals surface area contributed by atoms with Crippen LogP contribution in [0.25, 0.3) is 0 Å². The smallest absolute Gasteiger partial charge is 0.228 e. The number of carbonyl (C=O) groups excluding carboxylic acids is 2. The highest BCUT2D eigenvalue weighted by Gasteiger charge is 2.29. The number of halogens is 1. The van der Waals surface area contributed by atoms with Crippen molar-refractivity contribution >= 4 is 40.9 Å². The summed E-state index contributed by atoms with van der Waals surface area (Å²) in [5.41, 5.74) is 1.60. The van der Waals surface area contributed by atoms with Gasteiger partial charge in [-0.15, -0.1) is 11.8 Å². The van der Waals surface area contributed by atoms with Crippen molar-refractivity contribution in [1.29, 1.82) is 0 Å². The molecule has 2 aromatic carbocycles. The number of rotatable bonds is 5. The van der Waals surface area contributed by atoms with E-state index in [0.717, 1.165) is 21.9 Å². The van der Waals surface area contributed by atoms with Crippen LogP contribution in [0.15, 0.2) is 53.4 Å². The minimum atomic E-state index is -0.421. The van der Waals surface area contributed by atoms with Gasteiger partial charge in [0.25, 0.3) is 0 Å². The number of hydrogen-bond acceptors (Lipinski definition) is 3. The van der Waals surface area contributed by atoms with E-state index in [-0.39, 0.29) is 18.2 Å². The molecule has 3 rings (SSSR count). The summed E-state index contributed by atoms with van der Waals surface area (Å²) in [4.78, 5) is 25.3. The highest BCUT2D eigenvalue weighted by molar-refractivity contribution is 7.99. The van der Waals surface area contributed by atoms with Crippen molar-refractivity contribution < 1.29 is 9.59 Å². The maximum atomic E-state index is 12.4. The van der Waals surface area contributed by atoms with Gasteiger partial charge in [-0.3, -0.25) is 9.59 Å². The van der Waals surface area contributed by atoms with Gasteiger partial charge in [-0.25, -0.2) is 0 Å². The van der Waals surface area contributed by atoms with Crippen molar-refractivity contribution in [3.05, 3.63) is 59.1 Å². The van der Waals surface area contributed by atoms with E-state index in [0.29, 0.717) is 11.6 Å². The summed E-state index contributed by atoms with van der Waals surface area (Å²) in [6.45, 7) is 0.548. The molecule has 0 aliphatic carbocycles. The lowest BCUT2D eigenvalue weighted by molar-refractivity contribution is -0.126. The summed E-state index contributed by atoms with van der Waals surface area (Å²) in [6, 6.07) is 15.0. The average molecular weight is 361 g/mol. The van der Waals surface area contributed by atoms with E-state index in [9.17, 15) is 9.59 Å². The molecule has 1 unspecified atom stereocenters. The van der Waals surface area contributed by atoms with Crippen molar-refractivity contribution in [2.24, 2.45) is 0 Å². The van der Waals surface area contributed by atoms with Gasteiger partial charge in [0.2, 0.25) is 11.8 Å². The van der Waals surface area contributed by atoms with Gasteiger partial charge in [0.05, 0.1) is 5.92 Å². The molecule has 0 bridgehead atoms. The first-order chi connectivity index (χ1) is 11.6. The van der Waals surface area contributed by atoms with Gasteiger partial charge >= 0.3 is 0 Å². The molecular weight excluding hydrogens is 344 g/mol. The first-order valence-electron chi connectivity index (χ1n) is 7.68. The fraction of sp³-hybridized carbons (Fsp3) is 0.222. The SMILES string of the molecule is O=C1CC(C(=O)NCCSc2ccc(Cl)cc2)c2ccccc2N1. The van der Waals surface area contributed by atoms with Gasteiger partial charge in [0.15, 0.2) is 0 Å². The molecule has 1 aliphatic rings. The minimum absolute atomic E-state index is 0.103. The van der Waals surface area contributed by atoms with Crippen LogP contribution in [0, 0.1) is 0 Å². The number of para-hydroxylation sites is 1. The van der Waals surface area contributed by atoms with Crippen LogP contribution in [0.5, 0.6) is 0 Å². The molecule has 0 spiro atoms. The van der Waals surface area contributed by atoms with E-state index in [4.69, 9.17) is 11.6 Å². The molecule has 24 heavy (non-hydrogen) atoms. The van der Waals surface area contributed by atoms with Crippen molar-refractivity contribution in [2.75, 3.05) is 17.6 Å². The standard InChI is InChI=1S/C18H17ClN2O2S/c19-12-5-7-13(8-6-12)24-10-9-20-18(23)15-11-17(22)21-16-4-2-1-3-14(15)16/h1-8,15H,9-11H2,(H,20,23)(H,21,22). The van der Waals surface area contributed by atoms with E-state index < -0.39 is 5.92 Å².